The number of aliphatic imine (C=N–C) groups is 1. The zero-order chi connectivity index (χ0) is 23.2. The van der Waals surface area contributed by atoms with E-state index in [0.717, 1.165) is 35.8 Å². The molecule has 7 nitrogen and oxygen atoms in total. The molecule has 2 aromatic rings. The van der Waals surface area contributed by atoms with Gasteiger partial charge >= 0.3 is 0 Å². The number of benzene rings is 2. The fourth-order valence-corrected chi connectivity index (χ4v) is 4.96. The smallest absolute Gasteiger partial charge is 0.266 e. The van der Waals surface area contributed by atoms with Crippen LogP contribution in [0.3, 0.4) is 0 Å². The summed E-state index contributed by atoms with van der Waals surface area (Å²) < 4.78 is 16.6. The first-order chi connectivity index (χ1) is 16.1. The molecule has 1 amide bonds. The molecule has 0 radical (unpaired) electrons. The molecule has 2 fully saturated rings. The second-order valence-electron chi connectivity index (χ2n) is 7.75. The second-order valence-corrected chi connectivity index (χ2v) is 8.76. The maximum Gasteiger partial charge on any atom is 0.266 e. The van der Waals surface area contributed by atoms with E-state index in [2.05, 4.69) is 4.90 Å². The number of anilines is 1. The van der Waals surface area contributed by atoms with Crippen molar-refractivity contribution >= 4 is 40.3 Å². The van der Waals surface area contributed by atoms with Gasteiger partial charge in [-0.15, -0.1) is 0 Å². The second kappa shape index (κ2) is 10.8. The third-order valence-corrected chi connectivity index (χ3v) is 6.66. The number of ether oxygens (including phenoxy) is 3. The van der Waals surface area contributed by atoms with Crippen LogP contribution in [0.15, 0.2) is 52.4 Å². The third kappa shape index (κ3) is 5.17. The van der Waals surface area contributed by atoms with Crippen LogP contribution in [0.1, 0.15) is 18.4 Å². The molecule has 0 spiro atoms. The van der Waals surface area contributed by atoms with Crippen molar-refractivity contribution in [2.75, 3.05) is 52.5 Å². The number of hydrogen-bond donors (Lipinski definition) is 0. The Morgan fingerprint density at radius 2 is 1.76 bits per heavy atom. The van der Waals surface area contributed by atoms with E-state index < -0.39 is 0 Å². The largest absolute Gasteiger partial charge is 0.496 e. The van der Waals surface area contributed by atoms with Crippen molar-refractivity contribution in [1.29, 1.82) is 0 Å². The van der Waals surface area contributed by atoms with E-state index in [1.165, 1.54) is 24.6 Å². The highest BCUT2D eigenvalue weighted by molar-refractivity contribution is 8.18. The lowest BCUT2D eigenvalue weighted by atomic mass is 10.1. The number of amidine groups is 1. The first-order valence-corrected chi connectivity index (χ1v) is 11.8. The number of hydrogen-bond acceptors (Lipinski definition) is 7. The molecule has 2 aliphatic heterocycles. The van der Waals surface area contributed by atoms with Gasteiger partial charge in [0.15, 0.2) is 5.17 Å². The van der Waals surface area contributed by atoms with Gasteiger partial charge in [-0.25, -0.2) is 4.99 Å². The summed E-state index contributed by atoms with van der Waals surface area (Å²) in [6, 6.07) is 13.6. The van der Waals surface area contributed by atoms with Gasteiger partial charge in [0.05, 0.1) is 43.7 Å². The van der Waals surface area contributed by atoms with Gasteiger partial charge in [0.1, 0.15) is 11.5 Å². The summed E-state index contributed by atoms with van der Waals surface area (Å²) in [4.78, 5) is 22.5. The van der Waals surface area contributed by atoms with E-state index >= 15 is 0 Å². The van der Waals surface area contributed by atoms with Crippen LogP contribution in [-0.4, -0.2) is 63.5 Å². The number of rotatable bonds is 8. The quantitative estimate of drug-likeness (QED) is 0.531. The Morgan fingerprint density at radius 1 is 1.03 bits per heavy atom. The van der Waals surface area contributed by atoms with Gasteiger partial charge in [0.2, 0.25) is 0 Å². The van der Waals surface area contributed by atoms with Crippen LogP contribution in [0, 0.1) is 0 Å². The summed E-state index contributed by atoms with van der Waals surface area (Å²) in [6.07, 6.45) is 4.20. The highest BCUT2D eigenvalue weighted by Crippen LogP contribution is 2.40. The summed E-state index contributed by atoms with van der Waals surface area (Å²) in [5.74, 6) is 1.38. The van der Waals surface area contributed by atoms with E-state index in [0.29, 0.717) is 29.0 Å². The Labute approximate surface area is 199 Å². The summed E-state index contributed by atoms with van der Waals surface area (Å²) in [6.45, 7) is 2.86. The lowest BCUT2D eigenvalue weighted by molar-refractivity contribution is -0.122. The number of carbonyl (C=O) groups is 1. The van der Waals surface area contributed by atoms with Crippen molar-refractivity contribution in [1.82, 2.24) is 4.90 Å². The van der Waals surface area contributed by atoms with Crippen molar-refractivity contribution in [3.05, 3.63) is 52.9 Å². The minimum absolute atomic E-state index is 0.101. The molecule has 2 heterocycles. The van der Waals surface area contributed by atoms with E-state index in [9.17, 15) is 4.79 Å². The fraction of sp³-hybridized carbons (Fsp3) is 0.360. The number of thioether (sulfide) groups is 1. The predicted octanol–water partition coefficient (Wildman–Crippen LogP) is 4.55. The van der Waals surface area contributed by atoms with Gasteiger partial charge in [-0.1, -0.05) is 18.2 Å². The first-order valence-electron chi connectivity index (χ1n) is 11.0. The summed E-state index contributed by atoms with van der Waals surface area (Å²) in [5.41, 5.74) is 2.61. The van der Waals surface area contributed by atoms with Crippen LogP contribution >= 0.6 is 11.8 Å². The van der Waals surface area contributed by atoms with Crippen LogP contribution in [0.4, 0.5) is 11.4 Å². The van der Waals surface area contributed by atoms with E-state index in [1.54, 1.807) is 26.2 Å². The van der Waals surface area contributed by atoms with Crippen molar-refractivity contribution in [3.8, 4) is 11.5 Å². The number of methoxy groups -OCH3 is 3. The topological polar surface area (TPSA) is 63.6 Å². The maximum absolute atomic E-state index is 13.3. The standard InChI is InChI=1S/C25H29N3O4S/c1-30-14-13-28-24(29)23(33-25(28)26-19-9-5-4-6-10-19)16-18-15-22(32-3)20(17-21(18)31-2)27-11-7-8-12-27/h4-6,9-10,15-17H,7-8,11-14H2,1-3H3/b23-16+,26-25?. The lowest BCUT2D eigenvalue weighted by Gasteiger charge is -2.22. The molecule has 0 aliphatic carbocycles. The molecule has 0 N–H and O–H groups in total. The maximum atomic E-state index is 13.3. The predicted molar refractivity (Wildman–Crippen MR) is 134 cm³/mol. The average Bonchev–Trinajstić information content (AvgIpc) is 3.47. The highest BCUT2D eigenvalue weighted by Gasteiger charge is 2.33. The zero-order valence-corrected chi connectivity index (χ0v) is 20.1. The van der Waals surface area contributed by atoms with Gasteiger partial charge in [-0.2, -0.15) is 0 Å². The van der Waals surface area contributed by atoms with Crippen LogP contribution in [0.5, 0.6) is 11.5 Å². The first kappa shape index (κ1) is 23.2. The Hall–Kier alpha value is -2.97. The molecule has 0 saturated carbocycles. The Morgan fingerprint density at radius 3 is 2.42 bits per heavy atom. The third-order valence-electron chi connectivity index (χ3n) is 5.65. The van der Waals surface area contributed by atoms with Crippen LogP contribution in [-0.2, 0) is 9.53 Å². The molecule has 0 aromatic heterocycles. The average molecular weight is 468 g/mol. The van der Waals surface area contributed by atoms with Gasteiger partial charge < -0.3 is 19.1 Å². The number of nitrogens with zero attached hydrogens (tertiary/aromatic N) is 3. The molecular formula is C25H29N3O4S. The SMILES string of the molecule is COCCN1C(=O)/C(=C\c2cc(OC)c(N3CCCC3)cc2OC)SC1=Nc1ccccc1. The van der Waals surface area contributed by atoms with Crippen LogP contribution in [0.2, 0.25) is 0 Å². The van der Waals surface area contributed by atoms with Crippen molar-refractivity contribution in [2.45, 2.75) is 12.8 Å². The molecule has 2 aliphatic rings. The Balaban J connectivity index is 1.70. The molecule has 174 valence electrons. The molecule has 0 atom stereocenters. The fourth-order valence-electron chi connectivity index (χ4n) is 3.95. The van der Waals surface area contributed by atoms with E-state index in [1.807, 2.05) is 48.5 Å². The Bertz CT molecular complexity index is 1050. The summed E-state index contributed by atoms with van der Waals surface area (Å²) in [5, 5.41) is 0.633. The van der Waals surface area contributed by atoms with E-state index in [4.69, 9.17) is 19.2 Å². The molecule has 0 unspecified atom stereocenters. The van der Waals surface area contributed by atoms with Gasteiger partial charge in [-0.3, -0.25) is 9.69 Å². The molecule has 2 aromatic carbocycles. The van der Waals surface area contributed by atoms with Gasteiger partial charge in [-0.05, 0) is 48.9 Å². The number of para-hydroxylation sites is 1. The zero-order valence-electron chi connectivity index (χ0n) is 19.2. The van der Waals surface area contributed by atoms with Crippen molar-refractivity contribution in [2.24, 2.45) is 4.99 Å². The highest BCUT2D eigenvalue weighted by atomic mass is 32.2. The van der Waals surface area contributed by atoms with Crippen molar-refractivity contribution < 1.29 is 19.0 Å². The summed E-state index contributed by atoms with van der Waals surface area (Å²) >= 11 is 1.35. The molecule has 0 bridgehead atoms. The monoisotopic (exact) mass is 467 g/mol. The molecule has 33 heavy (non-hydrogen) atoms. The lowest BCUT2D eigenvalue weighted by Crippen LogP contribution is -2.32. The van der Waals surface area contributed by atoms with Crippen molar-refractivity contribution in [3.63, 3.8) is 0 Å². The van der Waals surface area contributed by atoms with Gasteiger partial charge in [0.25, 0.3) is 5.91 Å². The molecule has 2 saturated heterocycles. The molecular weight excluding hydrogens is 438 g/mol. The van der Waals surface area contributed by atoms with E-state index in [-0.39, 0.29) is 5.91 Å². The van der Waals surface area contributed by atoms with Gasteiger partial charge in [0, 0.05) is 31.8 Å². The molecule has 4 rings (SSSR count). The minimum atomic E-state index is -0.101. The molecule has 8 heteroatoms. The minimum Gasteiger partial charge on any atom is -0.496 e. The van der Waals surface area contributed by atoms with Crippen LogP contribution < -0.4 is 14.4 Å². The summed E-state index contributed by atoms with van der Waals surface area (Å²) in [7, 11) is 4.94. The number of carbonyl (C=O) groups excluding carboxylic acids is 1. The van der Waals surface area contributed by atoms with Crippen LogP contribution in [0.25, 0.3) is 6.08 Å². The number of amides is 1. The normalized spacial score (nSPS) is 18.6. The Kier molecular flexibility index (Phi) is 7.57.